The first kappa shape index (κ1) is 15.8. The summed E-state index contributed by atoms with van der Waals surface area (Å²) >= 11 is 11.9. The molecule has 0 spiro atoms. The summed E-state index contributed by atoms with van der Waals surface area (Å²) in [5.74, 6) is -0.0703. The Hall–Kier alpha value is -2.09. The van der Waals surface area contributed by atoms with Gasteiger partial charge in [0, 0.05) is 11.1 Å². The fourth-order valence-corrected chi connectivity index (χ4v) is 2.66. The highest BCUT2D eigenvalue weighted by molar-refractivity contribution is 6.42. The second kappa shape index (κ2) is 6.57. The van der Waals surface area contributed by atoms with Crippen LogP contribution in [0.25, 0.3) is 11.1 Å². The first-order valence-electron chi connectivity index (χ1n) is 7.21. The van der Waals surface area contributed by atoms with Gasteiger partial charge in [-0.3, -0.25) is 4.79 Å². The van der Waals surface area contributed by atoms with E-state index in [-0.39, 0.29) is 5.78 Å². The molecule has 0 aliphatic rings. The number of carbonyl (C=O) groups is 1. The highest BCUT2D eigenvalue weighted by Gasteiger charge is 2.11. The smallest absolute Gasteiger partial charge is 0.193 e. The maximum absolute atomic E-state index is 12.5. The van der Waals surface area contributed by atoms with Crippen LogP contribution in [0.5, 0.6) is 0 Å². The molecule has 0 aliphatic carbocycles. The third-order valence-electron chi connectivity index (χ3n) is 3.71. The zero-order chi connectivity index (χ0) is 16.4. The second-order valence-corrected chi connectivity index (χ2v) is 6.22. The molecule has 0 N–H and O–H groups in total. The van der Waals surface area contributed by atoms with Crippen molar-refractivity contribution in [2.45, 2.75) is 6.92 Å². The van der Waals surface area contributed by atoms with Gasteiger partial charge in [0.05, 0.1) is 10.0 Å². The van der Waals surface area contributed by atoms with Crippen molar-refractivity contribution in [3.63, 3.8) is 0 Å². The minimum absolute atomic E-state index is 0.0703. The van der Waals surface area contributed by atoms with E-state index in [9.17, 15) is 4.79 Å². The molecule has 0 aromatic heterocycles. The van der Waals surface area contributed by atoms with Gasteiger partial charge in [0.15, 0.2) is 5.78 Å². The van der Waals surface area contributed by atoms with Gasteiger partial charge in [-0.2, -0.15) is 0 Å². The maximum Gasteiger partial charge on any atom is 0.193 e. The van der Waals surface area contributed by atoms with Crippen LogP contribution in [0.1, 0.15) is 21.5 Å². The average Bonchev–Trinajstić information content (AvgIpc) is 2.57. The van der Waals surface area contributed by atoms with Gasteiger partial charge in [-0.05, 0) is 36.2 Å². The molecule has 0 aliphatic heterocycles. The number of hydrogen-bond donors (Lipinski definition) is 0. The van der Waals surface area contributed by atoms with E-state index < -0.39 is 0 Å². The number of carbonyl (C=O) groups excluding carboxylic acids is 1. The van der Waals surface area contributed by atoms with E-state index in [1.807, 2.05) is 24.3 Å². The molecule has 114 valence electrons. The summed E-state index contributed by atoms with van der Waals surface area (Å²) in [7, 11) is 0. The molecular formula is C20H14Cl2O. The molecule has 0 fully saturated rings. The van der Waals surface area contributed by atoms with Crippen molar-refractivity contribution in [3.05, 3.63) is 93.5 Å². The van der Waals surface area contributed by atoms with Crippen molar-refractivity contribution in [1.82, 2.24) is 0 Å². The second-order valence-electron chi connectivity index (χ2n) is 5.40. The van der Waals surface area contributed by atoms with Gasteiger partial charge in [-0.25, -0.2) is 0 Å². The topological polar surface area (TPSA) is 17.1 Å². The Bertz CT molecular complexity index is 850. The summed E-state index contributed by atoms with van der Waals surface area (Å²) in [6.07, 6.45) is 0. The van der Waals surface area contributed by atoms with Crippen molar-refractivity contribution < 1.29 is 4.79 Å². The lowest BCUT2D eigenvalue weighted by Crippen LogP contribution is -2.01. The molecule has 3 rings (SSSR count). The molecule has 3 heteroatoms. The van der Waals surface area contributed by atoms with Crippen LogP contribution in [0, 0.1) is 6.92 Å². The zero-order valence-corrected chi connectivity index (χ0v) is 14.0. The lowest BCUT2D eigenvalue weighted by atomic mass is 9.99. The fourth-order valence-electron chi connectivity index (χ4n) is 2.36. The summed E-state index contributed by atoms with van der Waals surface area (Å²) in [6, 6.07) is 20.8. The maximum atomic E-state index is 12.5. The lowest BCUT2D eigenvalue weighted by molar-refractivity contribution is 0.103. The molecule has 0 heterocycles. The quantitative estimate of drug-likeness (QED) is 0.518. The molecule has 0 unspecified atom stereocenters. The highest BCUT2D eigenvalue weighted by Crippen LogP contribution is 2.25. The molecule has 3 aromatic carbocycles. The van der Waals surface area contributed by atoms with Crippen molar-refractivity contribution in [1.29, 1.82) is 0 Å². The van der Waals surface area contributed by atoms with Crippen molar-refractivity contribution in [2.75, 3.05) is 0 Å². The Balaban J connectivity index is 1.88. The van der Waals surface area contributed by atoms with Crippen LogP contribution in [0.2, 0.25) is 10.0 Å². The number of ketones is 1. The van der Waals surface area contributed by atoms with E-state index in [4.69, 9.17) is 23.2 Å². The highest BCUT2D eigenvalue weighted by atomic mass is 35.5. The Morgan fingerprint density at radius 2 is 1.22 bits per heavy atom. The monoisotopic (exact) mass is 340 g/mol. The average molecular weight is 341 g/mol. The summed E-state index contributed by atoms with van der Waals surface area (Å²) in [5.41, 5.74) is 4.58. The molecule has 0 bridgehead atoms. The van der Waals surface area contributed by atoms with E-state index in [1.54, 1.807) is 18.2 Å². The van der Waals surface area contributed by atoms with Crippen LogP contribution in [0.15, 0.2) is 66.7 Å². The molecule has 0 saturated heterocycles. The van der Waals surface area contributed by atoms with Gasteiger partial charge < -0.3 is 0 Å². The summed E-state index contributed by atoms with van der Waals surface area (Å²) < 4.78 is 0. The fraction of sp³-hybridized carbons (Fsp3) is 0.0500. The minimum Gasteiger partial charge on any atom is -0.289 e. The van der Waals surface area contributed by atoms with Crippen LogP contribution in [0.3, 0.4) is 0 Å². The predicted octanol–water partition coefficient (Wildman–Crippen LogP) is 6.20. The van der Waals surface area contributed by atoms with Crippen LogP contribution < -0.4 is 0 Å². The third kappa shape index (κ3) is 3.47. The van der Waals surface area contributed by atoms with Crippen molar-refractivity contribution in [2.24, 2.45) is 0 Å². The van der Waals surface area contributed by atoms with Gasteiger partial charge in [0.1, 0.15) is 0 Å². The zero-order valence-electron chi connectivity index (χ0n) is 12.5. The minimum atomic E-state index is -0.0703. The molecule has 1 nitrogen and oxygen atoms in total. The van der Waals surface area contributed by atoms with Gasteiger partial charge in [-0.15, -0.1) is 0 Å². The largest absolute Gasteiger partial charge is 0.289 e. The Kier molecular flexibility index (Phi) is 4.51. The van der Waals surface area contributed by atoms with E-state index in [1.165, 1.54) is 5.56 Å². The van der Waals surface area contributed by atoms with Crippen LogP contribution in [0.4, 0.5) is 0 Å². The summed E-state index contributed by atoms with van der Waals surface area (Å²) in [5, 5.41) is 0.826. The molecule has 0 saturated carbocycles. The van der Waals surface area contributed by atoms with Gasteiger partial charge >= 0.3 is 0 Å². The number of hydrogen-bond acceptors (Lipinski definition) is 1. The number of aryl methyl sites for hydroxylation is 1. The molecule has 23 heavy (non-hydrogen) atoms. The standard InChI is InChI=1S/C20H14Cl2O/c1-13-2-4-14(5-3-13)15-6-8-16(9-7-15)20(23)17-10-11-18(21)19(22)12-17/h2-12H,1H3. The third-order valence-corrected chi connectivity index (χ3v) is 4.45. The molecule has 0 atom stereocenters. The van der Waals surface area contributed by atoms with Gasteiger partial charge in [0.2, 0.25) is 0 Å². The molecule has 0 radical (unpaired) electrons. The normalized spacial score (nSPS) is 10.6. The van der Waals surface area contributed by atoms with E-state index in [2.05, 4.69) is 31.2 Å². The lowest BCUT2D eigenvalue weighted by Gasteiger charge is -2.06. The van der Waals surface area contributed by atoms with E-state index >= 15 is 0 Å². The van der Waals surface area contributed by atoms with Crippen LogP contribution in [-0.4, -0.2) is 5.78 Å². The van der Waals surface area contributed by atoms with E-state index in [0.717, 1.165) is 11.1 Å². The molecule has 0 amide bonds. The van der Waals surface area contributed by atoms with Crippen LogP contribution in [-0.2, 0) is 0 Å². The number of rotatable bonds is 3. The summed E-state index contributed by atoms with van der Waals surface area (Å²) in [6.45, 7) is 2.06. The van der Waals surface area contributed by atoms with Gasteiger partial charge in [-0.1, -0.05) is 77.3 Å². The Morgan fingerprint density at radius 1 is 0.696 bits per heavy atom. The first-order valence-corrected chi connectivity index (χ1v) is 7.97. The molecule has 3 aromatic rings. The number of benzene rings is 3. The van der Waals surface area contributed by atoms with Crippen LogP contribution >= 0.6 is 23.2 Å². The van der Waals surface area contributed by atoms with Crippen molar-refractivity contribution in [3.8, 4) is 11.1 Å². The Morgan fingerprint density at radius 3 is 1.78 bits per heavy atom. The van der Waals surface area contributed by atoms with E-state index in [0.29, 0.717) is 21.2 Å². The molecular weight excluding hydrogens is 327 g/mol. The predicted molar refractivity (Wildman–Crippen MR) is 96.5 cm³/mol. The van der Waals surface area contributed by atoms with Gasteiger partial charge in [0.25, 0.3) is 0 Å². The first-order chi connectivity index (χ1) is 11.0. The SMILES string of the molecule is Cc1ccc(-c2ccc(C(=O)c3ccc(Cl)c(Cl)c3)cc2)cc1. The number of halogens is 2. The Labute approximate surface area is 145 Å². The van der Waals surface area contributed by atoms with Crippen molar-refractivity contribution >= 4 is 29.0 Å². The summed E-state index contributed by atoms with van der Waals surface area (Å²) in [4.78, 5) is 12.5.